The van der Waals surface area contributed by atoms with Crippen LogP contribution in [0.15, 0.2) is 243 Å². The van der Waals surface area contributed by atoms with Crippen LogP contribution in [0.4, 0.5) is 0 Å². The summed E-state index contributed by atoms with van der Waals surface area (Å²) in [5, 5.41) is 9.91. The molecule has 0 amide bonds. The quantitative estimate of drug-likeness (QED) is 0.152. The normalized spacial score (nSPS) is 14.0. The first-order chi connectivity index (χ1) is 37.2. The number of hydrogen-bond donors (Lipinski definition) is 0. The molecule has 2 nitrogen and oxygen atoms in total. The van der Waals surface area contributed by atoms with Crippen LogP contribution >= 0.6 is 0 Å². The average molecular weight is 969 g/mol. The fourth-order valence-corrected chi connectivity index (χ4v) is 14.1. The van der Waals surface area contributed by atoms with Gasteiger partial charge >= 0.3 is 0 Å². The summed E-state index contributed by atoms with van der Waals surface area (Å²) in [6, 6.07) is 91.8. The van der Waals surface area contributed by atoms with E-state index in [1.54, 1.807) is 0 Å². The highest BCUT2D eigenvalue weighted by Crippen LogP contribution is 2.53. The van der Waals surface area contributed by atoms with Gasteiger partial charge in [0.2, 0.25) is 0 Å². The molecule has 2 aromatic heterocycles. The largest absolute Gasteiger partial charge is 0.309 e. The van der Waals surface area contributed by atoms with Gasteiger partial charge in [0.05, 0.1) is 22.1 Å². The predicted octanol–water partition coefficient (Wildman–Crippen LogP) is 19.8. The van der Waals surface area contributed by atoms with Crippen LogP contribution in [0, 0.1) is 0 Å². The van der Waals surface area contributed by atoms with Gasteiger partial charge in [0.1, 0.15) is 0 Å². The molecule has 2 aliphatic carbocycles. The molecule has 0 N–H and O–H groups in total. The van der Waals surface area contributed by atoms with E-state index in [0.717, 1.165) is 11.4 Å². The standard InChI is InChI=1S/C74H52N2/c1-73(2)63-26-11-5-20-51(63)53-36-32-46(41-65(53)73)45-18-17-19-47(40-45)71-59-38-34-50(76-69-30-15-9-24-57(69)58-25-10-16-31-70(58)76)44-62(59)72(48-33-37-54-52-21-6-12-27-64(52)74(3,4)66(54)42-48)60-39-35-49(43-61(60)71)75-67-28-13-7-22-55(67)56-23-8-14-29-68(56)75/h5-44H,1-4H3. The van der Waals surface area contributed by atoms with E-state index in [2.05, 4.69) is 279 Å². The Hall–Kier alpha value is -9.24. The van der Waals surface area contributed by atoms with Crippen molar-refractivity contribution in [2.75, 3.05) is 0 Å². The van der Waals surface area contributed by atoms with Crippen LogP contribution < -0.4 is 0 Å². The predicted molar refractivity (Wildman–Crippen MR) is 322 cm³/mol. The van der Waals surface area contributed by atoms with Crippen molar-refractivity contribution in [1.29, 1.82) is 0 Å². The second-order valence-electron chi connectivity index (χ2n) is 22.4. The van der Waals surface area contributed by atoms with Crippen LogP contribution in [-0.4, -0.2) is 9.13 Å². The Labute approximate surface area is 442 Å². The Balaban J connectivity index is 1.01. The lowest BCUT2D eigenvalue weighted by molar-refractivity contribution is 0.660. The smallest absolute Gasteiger partial charge is 0.0541 e. The molecule has 0 aliphatic heterocycles. The summed E-state index contributed by atoms with van der Waals surface area (Å²) in [5.41, 5.74) is 25.0. The highest BCUT2D eigenvalue weighted by Gasteiger charge is 2.37. The Bertz CT molecular complexity index is 4710. The summed E-state index contributed by atoms with van der Waals surface area (Å²) < 4.78 is 4.94. The summed E-state index contributed by atoms with van der Waals surface area (Å²) in [7, 11) is 0. The average Bonchev–Trinajstić information content (AvgIpc) is 4.23. The van der Waals surface area contributed by atoms with Crippen LogP contribution in [-0.2, 0) is 10.8 Å². The summed E-state index contributed by atoms with van der Waals surface area (Å²) in [4.78, 5) is 0. The zero-order valence-electron chi connectivity index (χ0n) is 43.0. The first-order valence-corrected chi connectivity index (χ1v) is 26.8. The van der Waals surface area contributed by atoms with Gasteiger partial charge in [-0.25, -0.2) is 0 Å². The van der Waals surface area contributed by atoms with Crippen molar-refractivity contribution >= 4 is 65.2 Å². The van der Waals surface area contributed by atoms with Crippen LogP contribution in [0.25, 0.3) is 132 Å². The van der Waals surface area contributed by atoms with Gasteiger partial charge in [-0.05, 0) is 166 Å². The molecule has 0 saturated heterocycles. The monoisotopic (exact) mass is 968 g/mol. The van der Waals surface area contributed by atoms with Crippen molar-refractivity contribution < 1.29 is 0 Å². The van der Waals surface area contributed by atoms with Crippen LogP contribution in [0.3, 0.4) is 0 Å². The molecule has 2 heterocycles. The van der Waals surface area contributed by atoms with Gasteiger partial charge in [0.25, 0.3) is 0 Å². The van der Waals surface area contributed by atoms with Crippen molar-refractivity contribution in [2.24, 2.45) is 0 Å². The van der Waals surface area contributed by atoms with Crippen LogP contribution in [0.5, 0.6) is 0 Å². The lowest BCUT2D eigenvalue weighted by Gasteiger charge is -2.24. The van der Waals surface area contributed by atoms with Gasteiger partial charge in [0.15, 0.2) is 0 Å². The summed E-state index contributed by atoms with van der Waals surface area (Å²) >= 11 is 0. The van der Waals surface area contributed by atoms with Crippen LogP contribution in [0.1, 0.15) is 49.9 Å². The van der Waals surface area contributed by atoms with Gasteiger partial charge in [-0.3, -0.25) is 0 Å². The fourth-order valence-electron chi connectivity index (χ4n) is 14.1. The molecule has 0 radical (unpaired) electrons. The summed E-state index contributed by atoms with van der Waals surface area (Å²) in [6.45, 7) is 9.54. The van der Waals surface area contributed by atoms with Crippen molar-refractivity contribution in [1.82, 2.24) is 9.13 Å². The molecular weight excluding hydrogens is 917 g/mol. The third-order valence-corrected chi connectivity index (χ3v) is 17.7. The first kappa shape index (κ1) is 43.2. The number of para-hydroxylation sites is 4. The van der Waals surface area contributed by atoms with Crippen molar-refractivity contribution in [2.45, 2.75) is 38.5 Å². The van der Waals surface area contributed by atoms with Gasteiger partial charge in [0, 0.05) is 43.7 Å². The molecule has 0 bridgehead atoms. The molecule has 2 heteroatoms. The van der Waals surface area contributed by atoms with Crippen molar-refractivity contribution in [3.63, 3.8) is 0 Å². The zero-order valence-corrected chi connectivity index (χ0v) is 43.0. The van der Waals surface area contributed by atoms with E-state index < -0.39 is 0 Å². The molecule has 16 rings (SSSR count). The Morgan fingerprint density at radius 3 is 1.07 bits per heavy atom. The lowest BCUT2D eigenvalue weighted by atomic mass is 9.80. The minimum absolute atomic E-state index is 0.103. The second-order valence-corrected chi connectivity index (χ2v) is 22.4. The number of fused-ring (bicyclic) bond motifs is 14. The Kier molecular flexibility index (Phi) is 8.89. The molecule has 0 spiro atoms. The maximum absolute atomic E-state index is 2.52. The van der Waals surface area contributed by atoms with E-state index in [1.807, 2.05) is 0 Å². The van der Waals surface area contributed by atoms with Crippen LogP contribution in [0.2, 0.25) is 0 Å². The van der Waals surface area contributed by atoms with Crippen molar-refractivity contribution in [3.8, 4) is 67.0 Å². The third-order valence-electron chi connectivity index (χ3n) is 17.7. The molecule has 0 unspecified atom stereocenters. The van der Waals surface area contributed by atoms with Crippen molar-refractivity contribution in [3.05, 3.63) is 265 Å². The Morgan fingerprint density at radius 2 is 0.592 bits per heavy atom. The number of rotatable bonds is 5. The minimum Gasteiger partial charge on any atom is -0.309 e. The molecule has 76 heavy (non-hydrogen) atoms. The highest BCUT2D eigenvalue weighted by atomic mass is 15.0. The molecule has 12 aromatic carbocycles. The van der Waals surface area contributed by atoms with Gasteiger partial charge in [-0.15, -0.1) is 0 Å². The summed E-state index contributed by atoms with van der Waals surface area (Å²) in [5.74, 6) is 0. The van der Waals surface area contributed by atoms with Gasteiger partial charge < -0.3 is 9.13 Å². The van der Waals surface area contributed by atoms with E-state index in [0.29, 0.717) is 0 Å². The molecule has 358 valence electrons. The molecule has 2 aliphatic rings. The lowest BCUT2D eigenvalue weighted by Crippen LogP contribution is -2.14. The molecule has 0 fully saturated rings. The first-order valence-electron chi connectivity index (χ1n) is 26.8. The number of nitrogens with zero attached hydrogens (tertiary/aromatic N) is 2. The van der Waals surface area contributed by atoms with E-state index in [-0.39, 0.29) is 10.8 Å². The maximum Gasteiger partial charge on any atom is 0.0541 e. The van der Waals surface area contributed by atoms with E-state index in [9.17, 15) is 0 Å². The Morgan fingerprint density at radius 1 is 0.237 bits per heavy atom. The SMILES string of the molecule is CC1(C)c2ccccc2-c2ccc(-c3cccc(-c4c5ccc(-n6c7ccccc7c7ccccc76)cc5c(-c5ccc6c(c5)C(C)(C)c5ccccc5-6)c5ccc(-n6c7ccccc7c7ccccc76)cc45)c3)cc21. The minimum atomic E-state index is -0.165. The zero-order chi connectivity index (χ0) is 50.6. The second kappa shape index (κ2) is 15.6. The van der Waals surface area contributed by atoms with Gasteiger partial charge in [-0.2, -0.15) is 0 Å². The molecule has 14 aromatic rings. The van der Waals surface area contributed by atoms with E-state index in [1.165, 1.54) is 143 Å². The number of hydrogen-bond acceptors (Lipinski definition) is 0. The third kappa shape index (κ3) is 5.93. The number of aromatic nitrogens is 2. The highest BCUT2D eigenvalue weighted by molar-refractivity contribution is 6.23. The molecule has 0 saturated carbocycles. The fraction of sp³-hybridized carbons (Fsp3) is 0.0811. The molecule has 0 atom stereocenters. The van der Waals surface area contributed by atoms with E-state index >= 15 is 0 Å². The summed E-state index contributed by atoms with van der Waals surface area (Å²) in [6.07, 6.45) is 0. The van der Waals surface area contributed by atoms with Gasteiger partial charge in [-0.1, -0.05) is 204 Å². The number of benzene rings is 12. The maximum atomic E-state index is 2.52. The topological polar surface area (TPSA) is 9.86 Å². The molecular formula is C74H52N2. The van der Waals surface area contributed by atoms with E-state index in [4.69, 9.17) is 0 Å².